The molecule has 80 valence electrons. The SMILES string of the molecule is CCCCN(/C(N)=N/[N+](=O)O)[N+](=O)[O-]. The minimum atomic E-state index is -0.822. The summed E-state index contributed by atoms with van der Waals surface area (Å²) in [6.45, 7) is 1.88. The lowest BCUT2D eigenvalue weighted by Crippen LogP contribution is -2.42. The number of nitrogens with two attached hydrogens (primary N) is 1. The Morgan fingerprint density at radius 3 is 2.57 bits per heavy atom. The van der Waals surface area contributed by atoms with Gasteiger partial charge in [-0.15, -0.1) is 0 Å². The fourth-order valence-electron chi connectivity index (χ4n) is 0.727. The second kappa shape index (κ2) is 5.67. The van der Waals surface area contributed by atoms with Crippen LogP contribution in [-0.4, -0.2) is 32.8 Å². The van der Waals surface area contributed by atoms with Crippen molar-refractivity contribution in [2.24, 2.45) is 10.8 Å². The Kier molecular flexibility index (Phi) is 4.89. The molecule has 0 rings (SSSR count). The van der Waals surface area contributed by atoms with Crippen molar-refractivity contribution in [2.75, 3.05) is 6.54 Å². The van der Waals surface area contributed by atoms with Gasteiger partial charge in [-0.2, -0.15) is 0 Å². The van der Waals surface area contributed by atoms with Crippen LogP contribution in [-0.2, 0) is 0 Å². The lowest BCUT2D eigenvalue weighted by Gasteiger charge is -2.08. The molecule has 0 aliphatic rings. The zero-order chi connectivity index (χ0) is 11.1. The molecule has 0 atom stereocenters. The number of hydrazine groups is 1. The van der Waals surface area contributed by atoms with E-state index >= 15 is 0 Å². The Labute approximate surface area is 79.4 Å². The van der Waals surface area contributed by atoms with Gasteiger partial charge in [-0.05, 0) is 6.42 Å². The lowest BCUT2D eigenvalue weighted by molar-refractivity contribution is -0.797. The van der Waals surface area contributed by atoms with Crippen LogP contribution in [0.3, 0.4) is 0 Å². The van der Waals surface area contributed by atoms with Crippen molar-refractivity contribution in [3.63, 3.8) is 0 Å². The van der Waals surface area contributed by atoms with Crippen LogP contribution in [0.15, 0.2) is 5.10 Å². The van der Waals surface area contributed by atoms with Crippen molar-refractivity contribution in [1.82, 2.24) is 5.01 Å². The van der Waals surface area contributed by atoms with Crippen LogP contribution in [0.5, 0.6) is 0 Å². The van der Waals surface area contributed by atoms with Gasteiger partial charge in [0, 0.05) is 0 Å². The van der Waals surface area contributed by atoms with E-state index in [1.54, 1.807) is 0 Å². The predicted octanol–water partition coefficient (Wildman–Crippen LogP) is -0.322. The molecule has 0 saturated carbocycles. The van der Waals surface area contributed by atoms with Crippen LogP contribution >= 0.6 is 0 Å². The summed E-state index contributed by atoms with van der Waals surface area (Å²) < 4.78 is 0. The van der Waals surface area contributed by atoms with Gasteiger partial charge in [0.05, 0.1) is 6.54 Å². The quantitative estimate of drug-likeness (QED) is 0.275. The minimum Gasteiger partial charge on any atom is -0.360 e. The van der Waals surface area contributed by atoms with E-state index in [-0.39, 0.29) is 6.54 Å². The second-order valence-corrected chi connectivity index (χ2v) is 2.43. The van der Waals surface area contributed by atoms with E-state index in [1.165, 1.54) is 0 Å². The van der Waals surface area contributed by atoms with Crippen molar-refractivity contribution < 1.29 is 15.3 Å². The number of hydrogen-bond donors (Lipinski definition) is 2. The summed E-state index contributed by atoms with van der Waals surface area (Å²) >= 11 is 0. The molecule has 0 aromatic heterocycles. The molecule has 0 saturated heterocycles. The largest absolute Gasteiger partial charge is 0.391 e. The van der Waals surface area contributed by atoms with E-state index in [1.807, 2.05) is 6.92 Å². The third-order valence-corrected chi connectivity index (χ3v) is 1.37. The third-order valence-electron chi connectivity index (χ3n) is 1.37. The molecule has 9 nitrogen and oxygen atoms in total. The Balaban J connectivity index is 4.48. The van der Waals surface area contributed by atoms with E-state index in [4.69, 9.17) is 10.9 Å². The van der Waals surface area contributed by atoms with Crippen LogP contribution in [0.25, 0.3) is 0 Å². The highest BCUT2D eigenvalue weighted by molar-refractivity contribution is 5.75. The van der Waals surface area contributed by atoms with E-state index in [9.17, 15) is 15.0 Å². The number of hydrazone groups is 1. The van der Waals surface area contributed by atoms with E-state index in [0.29, 0.717) is 11.4 Å². The molecular formula is C5H12N5O4+. The molecule has 3 N–H and O–H groups in total. The highest BCUT2D eigenvalue weighted by atomic mass is 16.7. The van der Waals surface area contributed by atoms with Crippen molar-refractivity contribution in [1.29, 1.82) is 0 Å². The minimum absolute atomic E-state index is 0.0344. The van der Waals surface area contributed by atoms with E-state index in [2.05, 4.69) is 5.10 Å². The summed E-state index contributed by atoms with van der Waals surface area (Å²) in [5.41, 5.74) is 5.09. The van der Waals surface area contributed by atoms with E-state index < -0.39 is 16.0 Å². The van der Waals surface area contributed by atoms with Gasteiger partial charge in [-0.25, -0.2) is 15.3 Å². The summed E-state index contributed by atoms with van der Waals surface area (Å²) in [6.07, 6.45) is 1.26. The average molecular weight is 206 g/mol. The number of nitro groups is 1. The first-order valence-corrected chi connectivity index (χ1v) is 3.91. The van der Waals surface area contributed by atoms with E-state index in [0.717, 1.165) is 6.42 Å². The van der Waals surface area contributed by atoms with Gasteiger partial charge in [-0.1, -0.05) is 18.4 Å². The molecule has 0 bridgehead atoms. The maximum Gasteiger partial charge on any atom is 0.391 e. The normalized spacial score (nSPS) is 11.1. The number of guanidine groups is 1. The smallest absolute Gasteiger partial charge is 0.360 e. The average Bonchev–Trinajstić information content (AvgIpc) is 2.02. The number of hydrogen-bond acceptors (Lipinski definition) is 3. The first kappa shape index (κ1) is 12.1. The second-order valence-electron chi connectivity index (χ2n) is 2.43. The third kappa shape index (κ3) is 4.18. The van der Waals surface area contributed by atoms with Crippen LogP contribution in [0, 0.1) is 15.0 Å². The van der Waals surface area contributed by atoms with Gasteiger partial charge in [0.25, 0.3) is 0 Å². The summed E-state index contributed by atoms with van der Waals surface area (Å²) in [7, 11) is 0. The summed E-state index contributed by atoms with van der Waals surface area (Å²) in [5, 5.41) is 20.2. The molecule has 0 heterocycles. The van der Waals surface area contributed by atoms with Gasteiger partial charge in [-0.3, -0.25) is 0 Å². The molecule has 0 fully saturated rings. The summed E-state index contributed by atoms with van der Waals surface area (Å²) in [5.74, 6) is -0.652. The lowest BCUT2D eigenvalue weighted by atomic mass is 10.3. The fourth-order valence-corrected chi connectivity index (χ4v) is 0.727. The molecular weight excluding hydrogens is 194 g/mol. The van der Waals surface area contributed by atoms with Crippen LogP contribution in [0.4, 0.5) is 0 Å². The highest BCUT2D eigenvalue weighted by Crippen LogP contribution is 1.95. The van der Waals surface area contributed by atoms with Crippen molar-refractivity contribution in [3.05, 3.63) is 15.0 Å². The topological polar surface area (TPSA) is 125 Å². The highest BCUT2D eigenvalue weighted by Gasteiger charge is 2.22. The van der Waals surface area contributed by atoms with Crippen LogP contribution in [0.1, 0.15) is 19.8 Å². The van der Waals surface area contributed by atoms with Gasteiger partial charge < -0.3 is 5.73 Å². The molecule has 0 amide bonds. The molecule has 0 aromatic rings. The molecule has 0 aliphatic heterocycles. The molecule has 0 spiro atoms. The zero-order valence-electron chi connectivity index (χ0n) is 7.66. The molecule has 9 heteroatoms. The maximum atomic E-state index is 10.4. The monoisotopic (exact) mass is 206 g/mol. The Morgan fingerprint density at radius 1 is 1.64 bits per heavy atom. The molecule has 14 heavy (non-hydrogen) atoms. The molecule has 0 unspecified atom stereocenters. The predicted molar refractivity (Wildman–Crippen MR) is 45.6 cm³/mol. The first-order chi connectivity index (χ1) is 6.49. The Hall–Kier alpha value is -1.93. The van der Waals surface area contributed by atoms with Crippen molar-refractivity contribution >= 4 is 5.96 Å². The Bertz CT molecular complexity index is 253. The summed E-state index contributed by atoms with van der Waals surface area (Å²) in [6, 6.07) is 0. The first-order valence-electron chi connectivity index (χ1n) is 3.91. The van der Waals surface area contributed by atoms with Crippen molar-refractivity contribution in [2.45, 2.75) is 19.8 Å². The van der Waals surface area contributed by atoms with Crippen LogP contribution in [0.2, 0.25) is 0 Å². The molecule has 0 aromatic carbocycles. The fraction of sp³-hybridized carbons (Fsp3) is 0.800. The molecule has 0 aliphatic carbocycles. The van der Waals surface area contributed by atoms with Gasteiger partial charge in [0.2, 0.25) is 0 Å². The van der Waals surface area contributed by atoms with Crippen LogP contribution < -0.4 is 5.73 Å². The van der Waals surface area contributed by atoms with Gasteiger partial charge in [0.15, 0.2) is 5.03 Å². The Morgan fingerprint density at radius 2 is 2.21 bits per heavy atom. The molecule has 0 radical (unpaired) electrons. The standard InChI is InChI=1S/C5H12N5O4/c1-2-3-4-8(10(13)14)5(6)7-9(11)12/h2-4H2,1H3,(H2,6,7)(H,11,12)/q+1. The van der Waals surface area contributed by atoms with Gasteiger partial charge >= 0.3 is 11.0 Å². The number of rotatable bonds is 5. The van der Waals surface area contributed by atoms with Gasteiger partial charge in [0.1, 0.15) is 10.0 Å². The summed E-state index contributed by atoms with van der Waals surface area (Å²) in [4.78, 5) is 20.4. The number of nitrogens with zero attached hydrogens (tertiary/aromatic N) is 4. The number of unbranched alkanes of at least 4 members (excludes halogenated alkanes) is 1. The maximum absolute atomic E-state index is 10.4. The van der Waals surface area contributed by atoms with Crippen molar-refractivity contribution in [3.8, 4) is 0 Å². The zero-order valence-corrected chi connectivity index (χ0v) is 7.66.